The van der Waals surface area contributed by atoms with Crippen LogP contribution in [0.4, 0.5) is 0 Å². The summed E-state index contributed by atoms with van der Waals surface area (Å²) in [6.45, 7) is 0.809. The Labute approximate surface area is 118 Å². The average molecular weight is 279 g/mol. The second-order valence-electron chi connectivity index (χ2n) is 4.75. The Morgan fingerprint density at radius 2 is 1.79 bits per heavy atom. The zero-order valence-corrected chi connectivity index (χ0v) is 11.7. The van der Waals surface area contributed by atoms with Crippen molar-refractivity contribution in [1.29, 1.82) is 0 Å². The van der Waals surface area contributed by atoms with E-state index in [0.717, 1.165) is 30.8 Å². The smallest absolute Gasteiger partial charge is 0.313 e. The van der Waals surface area contributed by atoms with Crippen molar-refractivity contribution in [3.05, 3.63) is 57.7 Å². The van der Waals surface area contributed by atoms with E-state index in [1.807, 2.05) is 12.1 Å². The van der Waals surface area contributed by atoms with E-state index in [2.05, 4.69) is 17.1 Å². The molecule has 0 fully saturated rings. The first-order valence-electron chi connectivity index (χ1n) is 6.74. The van der Waals surface area contributed by atoms with Gasteiger partial charge >= 0.3 is 5.69 Å². The van der Waals surface area contributed by atoms with E-state index in [1.54, 1.807) is 17.0 Å². The van der Waals surface area contributed by atoms with E-state index in [1.165, 1.54) is 18.4 Å². The number of aryl methyl sites for hydroxylation is 2. The Morgan fingerprint density at radius 3 is 2.47 bits per heavy atom. The molecular formula is C15H19ClN2O. The quantitative estimate of drug-likeness (QED) is 0.772. The van der Waals surface area contributed by atoms with Gasteiger partial charge in [-0.2, -0.15) is 0 Å². The van der Waals surface area contributed by atoms with Gasteiger partial charge in [-0.15, -0.1) is 0 Å². The molecule has 2 rings (SSSR count). The molecule has 0 radical (unpaired) electrons. The highest BCUT2D eigenvalue weighted by Crippen LogP contribution is 2.12. The lowest BCUT2D eigenvalue weighted by molar-refractivity contribution is 0.562. The van der Waals surface area contributed by atoms with Crippen LogP contribution in [-0.4, -0.2) is 9.55 Å². The lowest BCUT2D eigenvalue weighted by Crippen LogP contribution is -2.15. The van der Waals surface area contributed by atoms with Crippen LogP contribution in [0.25, 0.3) is 0 Å². The Morgan fingerprint density at radius 1 is 1.05 bits per heavy atom. The van der Waals surface area contributed by atoms with Crippen molar-refractivity contribution < 1.29 is 0 Å². The number of unbranched alkanes of at least 4 members (excludes halogenated alkanes) is 3. The number of aromatic amines is 1. The number of nitrogens with one attached hydrogen (secondary N) is 1. The molecule has 102 valence electrons. The van der Waals surface area contributed by atoms with Gasteiger partial charge in [0.1, 0.15) is 0 Å². The van der Waals surface area contributed by atoms with Gasteiger partial charge in [0.25, 0.3) is 0 Å². The van der Waals surface area contributed by atoms with Crippen LogP contribution in [0.15, 0.2) is 41.5 Å². The molecule has 0 unspecified atom stereocenters. The van der Waals surface area contributed by atoms with Gasteiger partial charge in [-0.25, -0.2) is 4.79 Å². The van der Waals surface area contributed by atoms with Crippen molar-refractivity contribution in [2.45, 2.75) is 38.6 Å². The Balaban J connectivity index is 1.59. The van der Waals surface area contributed by atoms with Gasteiger partial charge in [0, 0.05) is 24.0 Å². The highest BCUT2D eigenvalue weighted by atomic mass is 35.5. The number of H-pyrrole nitrogens is 1. The summed E-state index contributed by atoms with van der Waals surface area (Å²) in [5, 5.41) is 0.792. The number of hydrogen-bond acceptors (Lipinski definition) is 1. The molecule has 0 amide bonds. The molecular weight excluding hydrogens is 260 g/mol. The molecule has 0 aliphatic heterocycles. The lowest BCUT2D eigenvalue weighted by Gasteiger charge is -2.03. The second-order valence-corrected chi connectivity index (χ2v) is 5.19. The van der Waals surface area contributed by atoms with Crippen LogP contribution in [0.3, 0.4) is 0 Å². The minimum Gasteiger partial charge on any atom is -0.313 e. The summed E-state index contributed by atoms with van der Waals surface area (Å²) < 4.78 is 1.72. The van der Waals surface area contributed by atoms with E-state index in [4.69, 9.17) is 11.6 Å². The van der Waals surface area contributed by atoms with E-state index in [9.17, 15) is 4.79 Å². The van der Waals surface area contributed by atoms with Crippen molar-refractivity contribution >= 4 is 11.6 Å². The fourth-order valence-electron chi connectivity index (χ4n) is 2.14. The van der Waals surface area contributed by atoms with E-state index in [-0.39, 0.29) is 5.69 Å². The van der Waals surface area contributed by atoms with Crippen LogP contribution in [0, 0.1) is 0 Å². The predicted molar refractivity (Wildman–Crippen MR) is 78.7 cm³/mol. The van der Waals surface area contributed by atoms with Crippen molar-refractivity contribution in [3.8, 4) is 0 Å². The maximum absolute atomic E-state index is 11.2. The molecule has 1 aromatic carbocycles. The highest BCUT2D eigenvalue weighted by molar-refractivity contribution is 6.30. The summed E-state index contributed by atoms with van der Waals surface area (Å²) in [6, 6.07) is 8.05. The largest absolute Gasteiger partial charge is 0.325 e. The molecule has 0 aliphatic carbocycles. The second kappa shape index (κ2) is 7.19. The monoisotopic (exact) mass is 278 g/mol. The molecule has 0 atom stereocenters. The molecule has 0 saturated heterocycles. The van der Waals surface area contributed by atoms with E-state index >= 15 is 0 Å². The van der Waals surface area contributed by atoms with Gasteiger partial charge in [0.2, 0.25) is 0 Å². The minimum atomic E-state index is -0.0128. The first-order valence-corrected chi connectivity index (χ1v) is 7.12. The molecule has 0 bridgehead atoms. The van der Waals surface area contributed by atoms with Gasteiger partial charge in [0.15, 0.2) is 0 Å². The number of hydrogen-bond donors (Lipinski definition) is 1. The summed E-state index contributed by atoms with van der Waals surface area (Å²) in [5.74, 6) is 0. The van der Waals surface area contributed by atoms with Gasteiger partial charge in [-0.05, 0) is 37.0 Å². The third-order valence-electron chi connectivity index (χ3n) is 3.25. The summed E-state index contributed by atoms with van der Waals surface area (Å²) in [4.78, 5) is 13.9. The predicted octanol–water partition coefficient (Wildman–Crippen LogP) is 3.63. The van der Waals surface area contributed by atoms with Crippen LogP contribution >= 0.6 is 11.6 Å². The summed E-state index contributed by atoms with van der Waals surface area (Å²) in [5.41, 5.74) is 1.33. The molecule has 0 aliphatic rings. The Kier molecular flexibility index (Phi) is 5.28. The molecule has 0 saturated carbocycles. The first-order chi connectivity index (χ1) is 9.25. The SMILES string of the molecule is O=c1[nH]ccn1CCCCCCc1ccc(Cl)cc1. The molecule has 3 nitrogen and oxygen atoms in total. The molecule has 1 aromatic heterocycles. The molecule has 19 heavy (non-hydrogen) atoms. The third-order valence-corrected chi connectivity index (χ3v) is 3.50. The maximum atomic E-state index is 11.2. The first kappa shape index (κ1) is 13.9. The van der Waals surface area contributed by atoms with Crippen LogP contribution < -0.4 is 5.69 Å². The summed E-state index contributed by atoms with van der Waals surface area (Å²) >= 11 is 5.85. The molecule has 4 heteroatoms. The van der Waals surface area contributed by atoms with Crippen molar-refractivity contribution in [2.75, 3.05) is 0 Å². The maximum Gasteiger partial charge on any atom is 0.325 e. The zero-order chi connectivity index (χ0) is 13.5. The summed E-state index contributed by atoms with van der Waals surface area (Å²) in [7, 11) is 0. The molecule has 1 N–H and O–H groups in total. The molecule has 2 aromatic rings. The van der Waals surface area contributed by atoms with Crippen LogP contribution in [0.1, 0.15) is 31.2 Å². The van der Waals surface area contributed by atoms with Gasteiger partial charge in [0.05, 0.1) is 0 Å². The van der Waals surface area contributed by atoms with Crippen molar-refractivity contribution in [3.63, 3.8) is 0 Å². The fourth-order valence-corrected chi connectivity index (χ4v) is 2.27. The topological polar surface area (TPSA) is 37.8 Å². The van der Waals surface area contributed by atoms with E-state index in [0.29, 0.717) is 0 Å². The normalized spacial score (nSPS) is 10.8. The van der Waals surface area contributed by atoms with Gasteiger partial charge in [-0.3, -0.25) is 4.57 Å². The summed E-state index contributed by atoms with van der Waals surface area (Å²) in [6.07, 6.45) is 9.18. The van der Waals surface area contributed by atoms with Crippen LogP contribution in [0.5, 0.6) is 0 Å². The van der Waals surface area contributed by atoms with E-state index < -0.39 is 0 Å². The molecule has 1 heterocycles. The number of rotatable bonds is 7. The zero-order valence-electron chi connectivity index (χ0n) is 10.9. The lowest BCUT2D eigenvalue weighted by atomic mass is 10.1. The number of halogens is 1. The standard InChI is InChI=1S/C15H19ClN2O/c16-14-8-6-13(7-9-14)5-3-1-2-4-11-18-12-10-17-15(18)19/h6-10,12H,1-5,11H2,(H,17,19). The van der Waals surface area contributed by atoms with Gasteiger partial charge in [-0.1, -0.05) is 36.6 Å². The van der Waals surface area contributed by atoms with Crippen LogP contribution in [-0.2, 0) is 13.0 Å². The van der Waals surface area contributed by atoms with Crippen molar-refractivity contribution in [2.24, 2.45) is 0 Å². The number of aromatic nitrogens is 2. The Bertz CT molecular complexity index is 542. The minimum absolute atomic E-state index is 0.0128. The third kappa shape index (κ3) is 4.60. The van der Waals surface area contributed by atoms with Crippen molar-refractivity contribution in [1.82, 2.24) is 9.55 Å². The number of nitrogens with zero attached hydrogens (tertiary/aromatic N) is 1. The number of imidazole rings is 1. The molecule has 0 spiro atoms. The fraction of sp³-hybridized carbons (Fsp3) is 0.400. The average Bonchev–Trinajstić information content (AvgIpc) is 2.81. The van der Waals surface area contributed by atoms with Crippen LogP contribution in [0.2, 0.25) is 5.02 Å². The van der Waals surface area contributed by atoms with Gasteiger partial charge < -0.3 is 4.98 Å². The highest BCUT2D eigenvalue weighted by Gasteiger charge is 1.97. The number of benzene rings is 1. The Hall–Kier alpha value is -1.48.